The molecule has 1 aromatic carbocycles. The van der Waals surface area contributed by atoms with E-state index in [2.05, 4.69) is 16.3 Å². The van der Waals surface area contributed by atoms with E-state index in [0.717, 1.165) is 31.7 Å². The molecular formula is C13H17Cl4N3. The van der Waals surface area contributed by atoms with E-state index in [4.69, 9.17) is 28.5 Å². The number of piperazine rings is 1. The van der Waals surface area contributed by atoms with Gasteiger partial charge in [0.15, 0.2) is 0 Å². The van der Waals surface area contributed by atoms with E-state index in [0.29, 0.717) is 16.5 Å². The summed E-state index contributed by atoms with van der Waals surface area (Å²) < 4.78 is 0. The zero-order valence-electron chi connectivity index (χ0n) is 10.8. The molecule has 1 atom stereocenters. The maximum absolute atomic E-state index is 9.02. The molecule has 1 aliphatic rings. The normalized spacial score (nSPS) is 16.4. The van der Waals surface area contributed by atoms with E-state index in [1.807, 2.05) is 6.07 Å². The minimum Gasteiger partial charge on any atom is -0.314 e. The van der Waals surface area contributed by atoms with Crippen molar-refractivity contribution >= 4 is 48.0 Å². The van der Waals surface area contributed by atoms with Crippen molar-refractivity contribution < 1.29 is 0 Å². The van der Waals surface area contributed by atoms with Crippen LogP contribution in [-0.2, 0) is 0 Å². The lowest BCUT2D eigenvalue weighted by molar-refractivity contribution is 0.175. The molecule has 1 aromatic rings. The third-order valence-electron chi connectivity index (χ3n) is 3.19. The highest BCUT2D eigenvalue weighted by Crippen LogP contribution is 2.32. The van der Waals surface area contributed by atoms with Crippen molar-refractivity contribution in [1.82, 2.24) is 10.2 Å². The molecule has 0 aliphatic carbocycles. The predicted octanol–water partition coefficient (Wildman–Crippen LogP) is 3.70. The van der Waals surface area contributed by atoms with Crippen LogP contribution in [0, 0.1) is 11.3 Å². The van der Waals surface area contributed by atoms with Gasteiger partial charge in [-0.3, -0.25) is 4.90 Å². The zero-order chi connectivity index (χ0) is 13.0. The van der Waals surface area contributed by atoms with Gasteiger partial charge in [0.2, 0.25) is 0 Å². The number of hydrogen-bond acceptors (Lipinski definition) is 3. The van der Waals surface area contributed by atoms with Gasteiger partial charge in [0.1, 0.15) is 0 Å². The zero-order valence-corrected chi connectivity index (χ0v) is 14.0. The lowest BCUT2D eigenvalue weighted by Gasteiger charge is -2.34. The summed E-state index contributed by atoms with van der Waals surface area (Å²) >= 11 is 12.3. The molecule has 0 radical (unpaired) electrons. The lowest BCUT2D eigenvalue weighted by Crippen LogP contribution is -2.45. The second-order valence-electron chi connectivity index (χ2n) is 4.33. The van der Waals surface area contributed by atoms with Crippen LogP contribution in [0.1, 0.15) is 18.0 Å². The summed E-state index contributed by atoms with van der Waals surface area (Å²) in [5.41, 5.74) is 0.951. The van der Waals surface area contributed by atoms with Gasteiger partial charge in [0.25, 0.3) is 0 Å². The topological polar surface area (TPSA) is 39.1 Å². The minimum absolute atomic E-state index is 0. The molecule has 0 spiro atoms. The Bertz CT molecular complexity index is 455. The highest BCUT2D eigenvalue weighted by atomic mass is 35.5. The summed E-state index contributed by atoms with van der Waals surface area (Å²) in [6.07, 6.45) is 0.431. The van der Waals surface area contributed by atoms with E-state index in [-0.39, 0.29) is 30.9 Å². The first-order valence-electron chi connectivity index (χ1n) is 5.99. The predicted molar refractivity (Wildman–Crippen MR) is 88.4 cm³/mol. The van der Waals surface area contributed by atoms with Crippen LogP contribution < -0.4 is 5.32 Å². The summed E-state index contributed by atoms with van der Waals surface area (Å²) in [7, 11) is 0. The van der Waals surface area contributed by atoms with E-state index in [9.17, 15) is 0 Å². The van der Waals surface area contributed by atoms with Gasteiger partial charge in [-0.05, 0) is 23.8 Å². The molecule has 20 heavy (non-hydrogen) atoms. The Kier molecular flexibility index (Phi) is 9.58. The van der Waals surface area contributed by atoms with Crippen molar-refractivity contribution in [2.45, 2.75) is 12.5 Å². The van der Waals surface area contributed by atoms with Crippen molar-refractivity contribution in [2.75, 3.05) is 26.2 Å². The number of benzene rings is 1. The molecule has 112 valence electrons. The molecular weight excluding hydrogens is 340 g/mol. The second-order valence-corrected chi connectivity index (χ2v) is 5.17. The van der Waals surface area contributed by atoms with Gasteiger partial charge in [-0.15, -0.1) is 24.8 Å². The fourth-order valence-corrected chi connectivity index (χ4v) is 2.71. The standard InChI is InChI=1S/C13H15Cl2N3.2ClH/c14-10-1-2-12(15)11(9-10)13(3-4-16)18-7-5-17-6-8-18;;/h1-2,9,13,17H,3,5-8H2;2*1H/t13-;;/m1../s1. The van der Waals surface area contributed by atoms with Crippen molar-refractivity contribution in [3.8, 4) is 6.07 Å². The molecule has 1 aliphatic heterocycles. The molecule has 0 aromatic heterocycles. The molecule has 0 bridgehead atoms. The molecule has 0 unspecified atom stereocenters. The maximum atomic E-state index is 9.02. The monoisotopic (exact) mass is 355 g/mol. The fraction of sp³-hybridized carbons (Fsp3) is 0.462. The van der Waals surface area contributed by atoms with E-state index < -0.39 is 0 Å². The van der Waals surface area contributed by atoms with Gasteiger partial charge in [0.05, 0.1) is 12.5 Å². The molecule has 1 saturated heterocycles. The average Bonchev–Trinajstić information content (AvgIpc) is 2.40. The Balaban J connectivity index is 0.00000180. The van der Waals surface area contributed by atoms with Crippen molar-refractivity contribution in [1.29, 1.82) is 5.26 Å². The number of nitriles is 1. The average molecular weight is 357 g/mol. The van der Waals surface area contributed by atoms with Crippen LogP contribution >= 0.6 is 48.0 Å². The summed E-state index contributed by atoms with van der Waals surface area (Å²) in [4.78, 5) is 2.29. The fourth-order valence-electron chi connectivity index (χ4n) is 2.29. The van der Waals surface area contributed by atoms with Crippen LogP contribution in [0.15, 0.2) is 18.2 Å². The third kappa shape index (κ3) is 4.96. The van der Waals surface area contributed by atoms with Crippen molar-refractivity contribution in [3.63, 3.8) is 0 Å². The Morgan fingerprint density at radius 3 is 2.50 bits per heavy atom. The number of nitrogens with one attached hydrogen (secondary N) is 1. The number of hydrogen-bond donors (Lipinski definition) is 1. The third-order valence-corrected chi connectivity index (χ3v) is 3.77. The SMILES string of the molecule is Cl.Cl.N#CC[C@H](c1cc(Cl)ccc1Cl)N1CCNCC1. The van der Waals surface area contributed by atoms with Gasteiger partial charge in [-0.2, -0.15) is 5.26 Å². The highest BCUT2D eigenvalue weighted by molar-refractivity contribution is 6.33. The molecule has 2 rings (SSSR count). The Morgan fingerprint density at radius 1 is 1.25 bits per heavy atom. The Morgan fingerprint density at radius 2 is 1.90 bits per heavy atom. The first-order chi connectivity index (χ1) is 8.72. The Labute approximate surface area is 142 Å². The number of halogens is 4. The first-order valence-corrected chi connectivity index (χ1v) is 6.74. The molecule has 3 nitrogen and oxygen atoms in total. The van der Waals surface area contributed by atoms with Gasteiger partial charge < -0.3 is 5.32 Å². The smallest absolute Gasteiger partial charge is 0.0641 e. The molecule has 1 N–H and O–H groups in total. The first kappa shape index (κ1) is 19.8. The maximum Gasteiger partial charge on any atom is 0.0641 e. The summed E-state index contributed by atoms with van der Waals surface area (Å²) in [5.74, 6) is 0. The van der Waals surface area contributed by atoms with E-state index in [1.54, 1.807) is 12.1 Å². The quantitative estimate of drug-likeness (QED) is 0.897. The lowest BCUT2D eigenvalue weighted by atomic mass is 10.0. The van der Waals surface area contributed by atoms with Gasteiger partial charge in [-0.25, -0.2) is 0 Å². The number of rotatable bonds is 3. The summed E-state index contributed by atoms with van der Waals surface area (Å²) in [6, 6.07) is 7.72. The van der Waals surface area contributed by atoms with Crippen molar-refractivity contribution in [3.05, 3.63) is 33.8 Å². The van der Waals surface area contributed by atoms with Crippen LogP contribution in [0.3, 0.4) is 0 Å². The molecule has 7 heteroatoms. The van der Waals surface area contributed by atoms with Crippen LogP contribution in [0.5, 0.6) is 0 Å². The van der Waals surface area contributed by atoms with E-state index >= 15 is 0 Å². The van der Waals surface area contributed by atoms with Crippen molar-refractivity contribution in [2.24, 2.45) is 0 Å². The largest absolute Gasteiger partial charge is 0.314 e. The van der Waals surface area contributed by atoms with Crippen LogP contribution in [0.2, 0.25) is 10.0 Å². The summed E-state index contributed by atoms with van der Waals surface area (Å²) in [5, 5.41) is 13.7. The van der Waals surface area contributed by atoms with Gasteiger partial charge in [-0.1, -0.05) is 23.2 Å². The number of nitrogens with zero attached hydrogens (tertiary/aromatic N) is 2. The molecule has 1 fully saturated rings. The van der Waals surface area contributed by atoms with Crippen LogP contribution in [-0.4, -0.2) is 31.1 Å². The van der Waals surface area contributed by atoms with Crippen LogP contribution in [0.4, 0.5) is 0 Å². The minimum atomic E-state index is 0. The molecule has 1 heterocycles. The van der Waals surface area contributed by atoms with Gasteiger partial charge in [0, 0.05) is 42.3 Å². The van der Waals surface area contributed by atoms with E-state index in [1.165, 1.54) is 0 Å². The molecule has 0 saturated carbocycles. The summed E-state index contributed by atoms with van der Waals surface area (Å²) in [6.45, 7) is 3.74. The van der Waals surface area contributed by atoms with Gasteiger partial charge >= 0.3 is 0 Å². The Hall–Kier alpha value is -0.210. The second kappa shape index (κ2) is 9.68. The highest BCUT2D eigenvalue weighted by Gasteiger charge is 2.23. The van der Waals surface area contributed by atoms with Crippen LogP contribution in [0.25, 0.3) is 0 Å². The molecule has 0 amide bonds.